The average molecular weight is 254 g/mol. The molecule has 1 rings (SSSR count). The first-order valence-electron chi connectivity index (χ1n) is 6.14. The molecule has 0 bridgehead atoms. The summed E-state index contributed by atoms with van der Waals surface area (Å²) in [4.78, 5) is 0. The second-order valence-corrected chi connectivity index (χ2v) is 5.80. The Labute approximate surface area is 108 Å². The average Bonchev–Trinajstić information content (AvgIpc) is 2.26. The van der Waals surface area contributed by atoms with Gasteiger partial charge >= 0.3 is 0 Å². The molecule has 0 aliphatic carbocycles. The van der Waals surface area contributed by atoms with Crippen LogP contribution in [0.5, 0.6) is 5.75 Å². The van der Waals surface area contributed by atoms with Gasteiger partial charge in [-0.2, -0.15) is 0 Å². The van der Waals surface area contributed by atoms with Crippen LogP contribution in [0.15, 0.2) is 18.2 Å². The largest absolute Gasteiger partial charge is 0.494 e. The van der Waals surface area contributed by atoms with Gasteiger partial charge in [-0.15, -0.1) is 0 Å². The van der Waals surface area contributed by atoms with Crippen LogP contribution < -0.4 is 16.0 Å². The van der Waals surface area contributed by atoms with Gasteiger partial charge in [-0.3, -0.25) is 11.3 Å². The molecular weight excluding hydrogens is 231 g/mol. The summed E-state index contributed by atoms with van der Waals surface area (Å²) in [5, 5.41) is 0. The zero-order chi connectivity index (χ0) is 13.8. The first-order chi connectivity index (χ1) is 8.35. The number of rotatable bonds is 5. The first kappa shape index (κ1) is 14.9. The number of ether oxygens (including phenoxy) is 1. The van der Waals surface area contributed by atoms with Crippen molar-refractivity contribution in [3.63, 3.8) is 0 Å². The van der Waals surface area contributed by atoms with E-state index in [0.29, 0.717) is 6.42 Å². The second-order valence-electron chi connectivity index (χ2n) is 5.80. The molecule has 3 nitrogen and oxygen atoms in total. The molecule has 0 heterocycles. The molecule has 102 valence electrons. The minimum absolute atomic E-state index is 0.137. The Morgan fingerprint density at radius 2 is 2.06 bits per heavy atom. The van der Waals surface area contributed by atoms with Gasteiger partial charge in [0.1, 0.15) is 0 Å². The number of nitrogens with one attached hydrogen (secondary N) is 1. The van der Waals surface area contributed by atoms with Gasteiger partial charge in [0.2, 0.25) is 0 Å². The lowest BCUT2D eigenvalue weighted by Crippen LogP contribution is -2.39. The monoisotopic (exact) mass is 254 g/mol. The van der Waals surface area contributed by atoms with Gasteiger partial charge < -0.3 is 4.74 Å². The van der Waals surface area contributed by atoms with E-state index in [1.165, 1.54) is 13.2 Å². The Morgan fingerprint density at radius 3 is 2.50 bits per heavy atom. The molecule has 0 amide bonds. The number of nitrogens with two attached hydrogens (primary N) is 1. The highest BCUT2D eigenvalue weighted by atomic mass is 19.1. The molecule has 1 aromatic rings. The highest BCUT2D eigenvalue weighted by Gasteiger charge is 2.18. The molecular formula is C14H23FN2O. The van der Waals surface area contributed by atoms with Gasteiger partial charge in [0.25, 0.3) is 0 Å². The SMILES string of the molecule is COc1ccc(CC(CC(C)(C)C)NN)cc1F. The van der Waals surface area contributed by atoms with Gasteiger partial charge in [0, 0.05) is 6.04 Å². The third kappa shape index (κ3) is 4.63. The Balaban J connectivity index is 2.73. The van der Waals surface area contributed by atoms with Crippen molar-refractivity contribution in [1.82, 2.24) is 5.43 Å². The van der Waals surface area contributed by atoms with Crippen LogP contribution in [-0.4, -0.2) is 13.2 Å². The van der Waals surface area contributed by atoms with Crippen LogP contribution in [0.1, 0.15) is 32.8 Å². The second kappa shape index (κ2) is 6.16. The zero-order valence-electron chi connectivity index (χ0n) is 11.6. The van der Waals surface area contributed by atoms with E-state index in [2.05, 4.69) is 26.2 Å². The highest BCUT2D eigenvalue weighted by Crippen LogP contribution is 2.24. The number of hydrogen-bond acceptors (Lipinski definition) is 3. The Morgan fingerprint density at radius 1 is 1.39 bits per heavy atom. The summed E-state index contributed by atoms with van der Waals surface area (Å²) >= 11 is 0. The van der Waals surface area contributed by atoms with E-state index in [-0.39, 0.29) is 23.0 Å². The Hall–Kier alpha value is -1.13. The van der Waals surface area contributed by atoms with Crippen LogP contribution in [0, 0.1) is 11.2 Å². The predicted molar refractivity (Wildman–Crippen MR) is 71.8 cm³/mol. The number of halogens is 1. The number of hydrogen-bond donors (Lipinski definition) is 2. The molecule has 0 aliphatic heterocycles. The summed E-state index contributed by atoms with van der Waals surface area (Å²) in [7, 11) is 1.46. The Kier molecular flexibility index (Phi) is 5.11. The molecule has 0 saturated carbocycles. The molecule has 0 spiro atoms. The molecule has 0 fully saturated rings. The van der Waals surface area contributed by atoms with E-state index in [9.17, 15) is 4.39 Å². The molecule has 0 saturated heterocycles. The van der Waals surface area contributed by atoms with Crippen LogP contribution in [-0.2, 0) is 6.42 Å². The van der Waals surface area contributed by atoms with Crippen LogP contribution >= 0.6 is 0 Å². The van der Waals surface area contributed by atoms with Crippen molar-refractivity contribution in [2.75, 3.05) is 7.11 Å². The molecule has 1 atom stereocenters. The summed E-state index contributed by atoms with van der Waals surface area (Å²) < 4.78 is 18.5. The van der Waals surface area contributed by atoms with Crippen molar-refractivity contribution in [2.45, 2.75) is 39.7 Å². The smallest absolute Gasteiger partial charge is 0.165 e. The van der Waals surface area contributed by atoms with Crippen molar-refractivity contribution in [1.29, 1.82) is 0 Å². The van der Waals surface area contributed by atoms with Crippen molar-refractivity contribution >= 4 is 0 Å². The van der Waals surface area contributed by atoms with Gasteiger partial charge in [-0.25, -0.2) is 4.39 Å². The minimum atomic E-state index is -0.332. The number of benzene rings is 1. The normalized spacial score (nSPS) is 13.4. The summed E-state index contributed by atoms with van der Waals surface area (Å²) in [5.74, 6) is 5.49. The van der Waals surface area contributed by atoms with E-state index < -0.39 is 0 Å². The van der Waals surface area contributed by atoms with Gasteiger partial charge in [0.15, 0.2) is 11.6 Å². The predicted octanol–water partition coefficient (Wildman–Crippen LogP) is 2.64. The molecule has 1 aromatic carbocycles. The number of methoxy groups -OCH3 is 1. The van der Waals surface area contributed by atoms with Gasteiger partial charge in [-0.1, -0.05) is 26.8 Å². The molecule has 0 aromatic heterocycles. The summed E-state index contributed by atoms with van der Waals surface area (Å²) in [6, 6.07) is 5.16. The first-order valence-corrected chi connectivity index (χ1v) is 6.14. The quantitative estimate of drug-likeness (QED) is 0.627. The zero-order valence-corrected chi connectivity index (χ0v) is 11.6. The molecule has 1 unspecified atom stereocenters. The minimum Gasteiger partial charge on any atom is -0.494 e. The van der Waals surface area contributed by atoms with Crippen LogP contribution in [0.2, 0.25) is 0 Å². The highest BCUT2D eigenvalue weighted by molar-refractivity contribution is 5.29. The van der Waals surface area contributed by atoms with Crippen LogP contribution in [0.4, 0.5) is 4.39 Å². The maximum absolute atomic E-state index is 13.6. The van der Waals surface area contributed by atoms with Crippen molar-refractivity contribution in [3.8, 4) is 5.75 Å². The van der Waals surface area contributed by atoms with E-state index >= 15 is 0 Å². The fourth-order valence-corrected chi connectivity index (χ4v) is 2.05. The molecule has 18 heavy (non-hydrogen) atoms. The van der Waals surface area contributed by atoms with E-state index in [0.717, 1.165) is 12.0 Å². The lowest BCUT2D eigenvalue weighted by atomic mass is 9.86. The van der Waals surface area contributed by atoms with Crippen molar-refractivity contribution in [3.05, 3.63) is 29.6 Å². The molecule has 0 radical (unpaired) electrons. The lowest BCUT2D eigenvalue weighted by Gasteiger charge is -2.25. The maximum atomic E-state index is 13.6. The molecule has 4 heteroatoms. The molecule has 0 aliphatic rings. The van der Waals surface area contributed by atoms with Crippen molar-refractivity contribution < 1.29 is 9.13 Å². The van der Waals surface area contributed by atoms with Crippen molar-refractivity contribution in [2.24, 2.45) is 11.3 Å². The van der Waals surface area contributed by atoms with E-state index in [1.807, 2.05) is 6.07 Å². The summed E-state index contributed by atoms with van der Waals surface area (Å²) in [6.45, 7) is 6.48. The summed E-state index contributed by atoms with van der Waals surface area (Å²) in [5.41, 5.74) is 3.90. The lowest BCUT2D eigenvalue weighted by molar-refractivity contribution is 0.308. The fourth-order valence-electron chi connectivity index (χ4n) is 2.05. The standard InChI is InChI=1S/C14H23FN2O/c1-14(2,3)9-11(17-16)7-10-5-6-13(18-4)12(15)8-10/h5-6,8,11,17H,7,9,16H2,1-4H3. The molecule has 3 N–H and O–H groups in total. The van der Waals surface area contributed by atoms with E-state index in [1.54, 1.807) is 6.07 Å². The summed E-state index contributed by atoms with van der Waals surface area (Å²) in [6.07, 6.45) is 1.63. The third-order valence-electron chi connectivity index (χ3n) is 2.79. The third-order valence-corrected chi connectivity index (χ3v) is 2.79. The fraction of sp³-hybridized carbons (Fsp3) is 0.571. The topological polar surface area (TPSA) is 47.3 Å². The van der Waals surface area contributed by atoms with E-state index in [4.69, 9.17) is 10.6 Å². The Bertz CT molecular complexity index is 388. The van der Waals surface area contributed by atoms with Gasteiger partial charge in [0.05, 0.1) is 7.11 Å². The van der Waals surface area contributed by atoms with Crippen LogP contribution in [0.25, 0.3) is 0 Å². The number of hydrazine groups is 1. The van der Waals surface area contributed by atoms with Crippen LogP contribution in [0.3, 0.4) is 0 Å². The maximum Gasteiger partial charge on any atom is 0.165 e. The van der Waals surface area contributed by atoms with Gasteiger partial charge in [-0.05, 0) is 36.0 Å².